The summed E-state index contributed by atoms with van der Waals surface area (Å²) in [4.78, 5) is 2.54. The van der Waals surface area contributed by atoms with Crippen LogP contribution in [-0.2, 0) is 6.42 Å². The van der Waals surface area contributed by atoms with Gasteiger partial charge in [-0.3, -0.25) is 4.90 Å². The van der Waals surface area contributed by atoms with Gasteiger partial charge in [-0.25, -0.2) is 0 Å². The van der Waals surface area contributed by atoms with Crippen molar-refractivity contribution in [3.8, 4) is 5.75 Å². The van der Waals surface area contributed by atoms with E-state index in [9.17, 15) is 0 Å². The highest BCUT2D eigenvalue weighted by atomic mass is 16.5. The molecule has 3 heteroatoms. The molecule has 0 saturated heterocycles. The van der Waals surface area contributed by atoms with Gasteiger partial charge in [0.15, 0.2) is 0 Å². The molecule has 0 bridgehead atoms. The number of hydrogen-bond donors (Lipinski definition) is 1. The summed E-state index contributed by atoms with van der Waals surface area (Å²) in [6.45, 7) is 9.17. The van der Waals surface area contributed by atoms with Crippen LogP contribution in [0.4, 0.5) is 0 Å². The van der Waals surface area contributed by atoms with Crippen molar-refractivity contribution < 1.29 is 4.74 Å². The number of ether oxygens (including phenoxy) is 1. The lowest BCUT2D eigenvalue weighted by molar-refractivity contribution is 0.219. The lowest BCUT2D eigenvalue weighted by Gasteiger charge is -2.36. The van der Waals surface area contributed by atoms with Crippen molar-refractivity contribution in [1.29, 1.82) is 0 Å². The first-order valence-corrected chi connectivity index (χ1v) is 8.06. The second-order valence-electron chi connectivity index (χ2n) is 6.35. The first-order chi connectivity index (χ1) is 10.7. The summed E-state index contributed by atoms with van der Waals surface area (Å²) in [5.74, 6) is 1.08. The third-order valence-electron chi connectivity index (χ3n) is 4.96. The fourth-order valence-corrected chi connectivity index (χ4v) is 3.53. The molecule has 0 radical (unpaired) electrons. The first-order valence-electron chi connectivity index (χ1n) is 8.06. The monoisotopic (exact) mass is 294 g/mol. The Labute approximate surface area is 132 Å². The van der Waals surface area contributed by atoms with Crippen molar-refractivity contribution in [3.05, 3.63) is 65.0 Å². The molecule has 1 atom stereocenters. The van der Waals surface area contributed by atoms with Gasteiger partial charge in [-0.2, -0.15) is 0 Å². The van der Waals surface area contributed by atoms with Crippen LogP contribution in [0.25, 0.3) is 0 Å². The molecular weight excluding hydrogens is 272 g/mol. The summed E-state index contributed by atoms with van der Waals surface area (Å²) in [5, 5.41) is 3.40. The van der Waals surface area contributed by atoms with Crippen molar-refractivity contribution in [2.45, 2.75) is 25.8 Å². The minimum atomic E-state index is 0.405. The highest BCUT2D eigenvalue weighted by molar-refractivity contribution is 5.42. The van der Waals surface area contributed by atoms with Gasteiger partial charge in [-0.05, 0) is 35.8 Å². The quantitative estimate of drug-likeness (QED) is 0.905. The summed E-state index contributed by atoms with van der Waals surface area (Å²) >= 11 is 0. The van der Waals surface area contributed by atoms with Gasteiger partial charge in [0.05, 0.1) is 6.61 Å². The third-order valence-corrected chi connectivity index (χ3v) is 4.96. The Balaban J connectivity index is 1.53. The van der Waals surface area contributed by atoms with Crippen LogP contribution in [0.3, 0.4) is 0 Å². The normalized spacial score (nSPS) is 22.0. The van der Waals surface area contributed by atoms with E-state index in [-0.39, 0.29) is 0 Å². The lowest BCUT2D eigenvalue weighted by atomic mass is 9.97. The molecule has 22 heavy (non-hydrogen) atoms. The molecule has 1 aromatic rings. The van der Waals surface area contributed by atoms with Gasteiger partial charge in [-0.1, -0.05) is 24.8 Å². The molecule has 3 heterocycles. The maximum absolute atomic E-state index is 5.72. The van der Waals surface area contributed by atoms with Crippen molar-refractivity contribution in [2.75, 3.05) is 19.7 Å². The minimum absolute atomic E-state index is 0.405. The largest absolute Gasteiger partial charge is 0.493 e. The molecule has 3 aliphatic rings. The molecule has 1 unspecified atom stereocenters. The van der Waals surface area contributed by atoms with E-state index >= 15 is 0 Å². The topological polar surface area (TPSA) is 24.5 Å². The zero-order valence-electron chi connectivity index (χ0n) is 13.1. The second kappa shape index (κ2) is 5.33. The molecule has 1 aromatic carbocycles. The Morgan fingerprint density at radius 1 is 1.27 bits per heavy atom. The van der Waals surface area contributed by atoms with Crippen LogP contribution in [0.15, 0.2) is 53.9 Å². The maximum Gasteiger partial charge on any atom is 0.122 e. The van der Waals surface area contributed by atoms with Gasteiger partial charge < -0.3 is 10.1 Å². The van der Waals surface area contributed by atoms with Crippen molar-refractivity contribution in [2.24, 2.45) is 0 Å². The van der Waals surface area contributed by atoms with Crippen LogP contribution in [0.5, 0.6) is 5.75 Å². The van der Waals surface area contributed by atoms with Crippen LogP contribution in [0, 0.1) is 0 Å². The Bertz CT molecular complexity index is 687. The number of nitrogens with one attached hydrogen (secondary N) is 1. The number of dihydropyridines is 1. The van der Waals surface area contributed by atoms with Crippen molar-refractivity contribution >= 4 is 0 Å². The molecular formula is C19H22N2O. The molecule has 3 aliphatic heterocycles. The maximum atomic E-state index is 5.72. The molecule has 0 saturated carbocycles. The molecule has 114 valence electrons. The van der Waals surface area contributed by atoms with Gasteiger partial charge in [-0.15, -0.1) is 0 Å². The number of benzene rings is 1. The fourth-order valence-electron chi connectivity index (χ4n) is 3.53. The van der Waals surface area contributed by atoms with Crippen LogP contribution in [0.2, 0.25) is 0 Å². The van der Waals surface area contributed by atoms with Gasteiger partial charge in [0.2, 0.25) is 0 Å². The van der Waals surface area contributed by atoms with E-state index in [4.69, 9.17) is 4.74 Å². The smallest absolute Gasteiger partial charge is 0.122 e. The van der Waals surface area contributed by atoms with Gasteiger partial charge in [0.25, 0.3) is 0 Å². The zero-order chi connectivity index (χ0) is 15.1. The average Bonchev–Trinajstić information content (AvgIpc) is 3.01. The van der Waals surface area contributed by atoms with E-state index in [0.717, 1.165) is 44.0 Å². The van der Waals surface area contributed by atoms with Crippen LogP contribution in [-0.4, -0.2) is 24.6 Å². The van der Waals surface area contributed by atoms with Crippen LogP contribution in [0.1, 0.15) is 30.5 Å². The summed E-state index contributed by atoms with van der Waals surface area (Å²) in [6, 6.07) is 7.13. The van der Waals surface area contributed by atoms with Crippen LogP contribution >= 0.6 is 0 Å². The van der Waals surface area contributed by atoms with E-state index in [1.807, 2.05) is 0 Å². The van der Waals surface area contributed by atoms with E-state index in [2.05, 4.69) is 54.1 Å². The Morgan fingerprint density at radius 3 is 3.09 bits per heavy atom. The Hall–Kier alpha value is -2.00. The Morgan fingerprint density at radius 2 is 2.18 bits per heavy atom. The van der Waals surface area contributed by atoms with Crippen LogP contribution < -0.4 is 10.1 Å². The number of allylic oxidation sites excluding steroid dienone is 1. The predicted octanol–water partition coefficient (Wildman–Crippen LogP) is 3.32. The molecule has 4 rings (SSSR count). The third kappa shape index (κ3) is 2.35. The van der Waals surface area contributed by atoms with E-state index in [1.54, 1.807) is 0 Å². The minimum Gasteiger partial charge on any atom is -0.493 e. The van der Waals surface area contributed by atoms with E-state index < -0.39 is 0 Å². The number of rotatable bonds is 2. The fraction of sp³-hybridized carbons (Fsp3) is 0.368. The molecule has 0 amide bonds. The SMILES string of the molecule is C=C1C=CC2=C(CCN(C(C)c3ccc4c(c3)OCC4)C2)N1. The second-order valence-corrected chi connectivity index (χ2v) is 6.35. The molecule has 1 N–H and O–H groups in total. The van der Waals surface area contributed by atoms with Gasteiger partial charge >= 0.3 is 0 Å². The van der Waals surface area contributed by atoms with Gasteiger partial charge in [0.1, 0.15) is 5.75 Å². The number of fused-ring (bicyclic) bond motifs is 1. The summed E-state index contributed by atoms with van der Waals surface area (Å²) in [6.07, 6.45) is 6.38. The summed E-state index contributed by atoms with van der Waals surface area (Å²) in [5.41, 5.74) is 6.42. The van der Waals surface area contributed by atoms with Crippen molar-refractivity contribution in [1.82, 2.24) is 10.2 Å². The highest BCUT2D eigenvalue weighted by Crippen LogP contribution is 2.33. The lowest BCUT2D eigenvalue weighted by Crippen LogP contribution is -2.37. The number of hydrogen-bond acceptors (Lipinski definition) is 3. The average molecular weight is 294 g/mol. The molecule has 3 nitrogen and oxygen atoms in total. The molecule has 0 fully saturated rings. The van der Waals surface area contributed by atoms with E-state index in [1.165, 1.54) is 22.4 Å². The molecule has 0 aliphatic carbocycles. The Kier molecular flexibility index (Phi) is 3.30. The predicted molar refractivity (Wildman–Crippen MR) is 88.7 cm³/mol. The summed E-state index contributed by atoms with van der Waals surface area (Å²) in [7, 11) is 0. The zero-order valence-corrected chi connectivity index (χ0v) is 13.1. The van der Waals surface area contributed by atoms with Gasteiger partial charge in [0, 0.05) is 43.4 Å². The summed E-state index contributed by atoms with van der Waals surface area (Å²) < 4.78 is 5.72. The molecule has 0 aromatic heterocycles. The first kappa shape index (κ1) is 13.6. The number of nitrogens with zero attached hydrogens (tertiary/aromatic N) is 1. The molecule has 0 spiro atoms. The van der Waals surface area contributed by atoms with E-state index in [0.29, 0.717) is 6.04 Å². The van der Waals surface area contributed by atoms with Crippen molar-refractivity contribution in [3.63, 3.8) is 0 Å². The standard InChI is InChI=1S/C19H22N2O/c1-13-3-4-17-12-21(9-7-18(17)20-13)14(2)16-6-5-15-8-10-22-19(15)11-16/h3-6,11,14,20H,1,7-10,12H2,2H3. The highest BCUT2D eigenvalue weighted by Gasteiger charge is 2.25.